The zero-order chi connectivity index (χ0) is 11.0. The van der Waals surface area contributed by atoms with E-state index in [9.17, 15) is 9.90 Å². The van der Waals surface area contributed by atoms with Gasteiger partial charge in [-0.25, -0.2) is 0 Å². The van der Waals surface area contributed by atoms with Crippen LogP contribution in [0.5, 0.6) is 0 Å². The Labute approximate surface area is 107 Å². The molecule has 1 aromatic rings. The summed E-state index contributed by atoms with van der Waals surface area (Å²) < 4.78 is 1.56. The van der Waals surface area contributed by atoms with Crippen molar-refractivity contribution in [1.29, 1.82) is 0 Å². The molecule has 0 radical (unpaired) electrons. The molecule has 0 bridgehead atoms. The van der Waals surface area contributed by atoms with Crippen LogP contribution in [0, 0.1) is 6.92 Å². The van der Waals surface area contributed by atoms with Crippen molar-refractivity contribution < 1.29 is 28.8 Å². The molecule has 0 N–H and O–H groups in total. The number of hydrogen-bond donors (Lipinski definition) is 0. The van der Waals surface area contributed by atoms with Gasteiger partial charge >= 0.3 is 18.9 Å². The predicted octanol–water partition coefficient (Wildman–Crippen LogP) is -2.61. The summed E-state index contributed by atoms with van der Waals surface area (Å²) in [6.45, 7) is 3.95. The molecule has 0 saturated carbocycles. The number of carbonyl (C=O) groups is 1. The second kappa shape index (κ2) is 5.07. The first-order valence-corrected chi connectivity index (χ1v) is 5.35. The Kier molecular flexibility index (Phi) is 4.23. The fraction of sp³-hybridized carbons (Fsp3) is 0.636. The van der Waals surface area contributed by atoms with Crippen LogP contribution in [-0.2, 0) is 17.8 Å². The first-order valence-electron chi connectivity index (χ1n) is 5.35. The van der Waals surface area contributed by atoms with E-state index in [0.29, 0.717) is 5.92 Å². The maximum atomic E-state index is 10.5. The molecule has 0 fully saturated rings. The van der Waals surface area contributed by atoms with Crippen molar-refractivity contribution in [2.24, 2.45) is 0 Å². The van der Waals surface area contributed by atoms with Crippen LogP contribution in [0.1, 0.15) is 42.6 Å². The molecule has 1 aliphatic carbocycles. The molecule has 0 aromatic carbocycles. The smallest absolute Gasteiger partial charge is 0.548 e. The minimum atomic E-state index is -1.08. The molecule has 2 rings (SSSR count). The molecule has 4 nitrogen and oxygen atoms in total. The molecule has 5 heteroatoms. The minimum Gasteiger partial charge on any atom is -0.548 e. The van der Waals surface area contributed by atoms with Crippen LogP contribution in [0.2, 0.25) is 0 Å². The number of carboxylic acid groups (broad SMARTS) is 1. The second-order valence-electron chi connectivity index (χ2n) is 4.27. The van der Waals surface area contributed by atoms with Gasteiger partial charge in [-0.05, 0) is 31.7 Å². The minimum absolute atomic E-state index is 0. The van der Waals surface area contributed by atoms with Gasteiger partial charge in [-0.1, -0.05) is 6.92 Å². The molecule has 1 aliphatic rings. The van der Waals surface area contributed by atoms with Crippen molar-refractivity contribution in [2.45, 2.75) is 45.6 Å². The van der Waals surface area contributed by atoms with Gasteiger partial charge in [-0.2, -0.15) is 5.10 Å². The molecule has 1 aromatic heterocycles. The van der Waals surface area contributed by atoms with Gasteiger partial charge in [0.25, 0.3) is 0 Å². The average Bonchev–Trinajstić information content (AvgIpc) is 2.46. The largest absolute Gasteiger partial charge is 1.00 e. The van der Waals surface area contributed by atoms with Gasteiger partial charge in [-0.3, -0.25) is 4.68 Å². The summed E-state index contributed by atoms with van der Waals surface area (Å²) in [7, 11) is 0. The predicted molar refractivity (Wildman–Crippen MR) is 53.3 cm³/mol. The zero-order valence-corrected chi connectivity index (χ0v) is 10.1. The van der Waals surface area contributed by atoms with Crippen molar-refractivity contribution >= 4 is 5.97 Å². The summed E-state index contributed by atoms with van der Waals surface area (Å²) >= 11 is 0. The number of fused-ring (bicyclic) bond motifs is 1. The molecule has 0 spiro atoms. The van der Waals surface area contributed by atoms with Gasteiger partial charge in [0.15, 0.2) is 0 Å². The molecule has 0 amide bonds. The molecule has 0 saturated heterocycles. The molecule has 16 heavy (non-hydrogen) atoms. The summed E-state index contributed by atoms with van der Waals surface area (Å²) in [5.41, 5.74) is 3.32. The van der Waals surface area contributed by atoms with Crippen molar-refractivity contribution in [3.05, 3.63) is 17.0 Å². The van der Waals surface area contributed by atoms with Gasteiger partial charge in [0, 0.05) is 11.6 Å². The van der Waals surface area contributed by atoms with Crippen molar-refractivity contribution in [3.63, 3.8) is 0 Å². The maximum Gasteiger partial charge on any atom is 1.00 e. The Hall–Kier alpha value is -0.723. The van der Waals surface area contributed by atoms with Gasteiger partial charge in [0.2, 0.25) is 0 Å². The number of aromatic nitrogens is 2. The van der Waals surface area contributed by atoms with E-state index in [-0.39, 0.29) is 25.4 Å². The van der Waals surface area contributed by atoms with E-state index < -0.39 is 5.97 Å². The summed E-state index contributed by atoms with van der Waals surface area (Å²) in [5, 5.41) is 14.9. The van der Waals surface area contributed by atoms with E-state index >= 15 is 0 Å². The summed E-state index contributed by atoms with van der Waals surface area (Å²) in [5.74, 6) is -0.624. The number of carbonyl (C=O) groups excluding carboxylic acids is 1. The fourth-order valence-corrected chi connectivity index (χ4v) is 2.31. The van der Waals surface area contributed by atoms with E-state index in [1.165, 1.54) is 12.0 Å². The van der Waals surface area contributed by atoms with E-state index in [4.69, 9.17) is 0 Å². The standard InChI is InChI=1S/C11H16N2O2.Li/c1-7-4-3-5-9-8(2)13(6-10(14)15)12-11(7)9;/h7H,3-6H2,1-2H3,(H,14,15);/q;+1/p-1/t7-;/m0./s1. The summed E-state index contributed by atoms with van der Waals surface area (Å²) in [6, 6.07) is 0. The molecular formula is C11H15LiN2O2. The average molecular weight is 214 g/mol. The molecule has 0 aliphatic heterocycles. The van der Waals surface area contributed by atoms with Crippen LogP contribution in [0.25, 0.3) is 0 Å². The van der Waals surface area contributed by atoms with E-state index in [2.05, 4.69) is 12.0 Å². The topological polar surface area (TPSA) is 58.0 Å². The Morgan fingerprint density at radius 2 is 2.31 bits per heavy atom. The summed E-state index contributed by atoms with van der Waals surface area (Å²) in [6.07, 6.45) is 3.35. The van der Waals surface area contributed by atoms with Crippen molar-refractivity contribution in [1.82, 2.24) is 9.78 Å². The third-order valence-electron chi connectivity index (χ3n) is 3.17. The van der Waals surface area contributed by atoms with Crippen molar-refractivity contribution in [3.8, 4) is 0 Å². The van der Waals surface area contributed by atoms with E-state index in [1.807, 2.05) is 6.92 Å². The maximum absolute atomic E-state index is 10.5. The first kappa shape index (κ1) is 13.3. The number of aliphatic carboxylic acids is 1. The van der Waals surface area contributed by atoms with Gasteiger partial charge in [-0.15, -0.1) is 0 Å². The summed E-state index contributed by atoms with van der Waals surface area (Å²) in [4.78, 5) is 10.5. The number of rotatable bonds is 2. The second-order valence-corrected chi connectivity index (χ2v) is 4.27. The number of nitrogens with zero attached hydrogens (tertiary/aromatic N) is 2. The Morgan fingerprint density at radius 3 is 2.88 bits per heavy atom. The normalized spacial score (nSPS) is 18.8. The molecular weight excluding hydrogens is 199 g/mol. The monoisotopic (exact) mass is 214 g/mol. The van der Waals surface area contributed by atoms with Gasteiger partial charge in [0.1, 0.15) is 0 Å². The molecule has 82 valence electrons. The fourth-order valence-electron chi connectivity index (χ4n) is 2.31. The molecule has 1 atom stereocenters. The van der Waals surface area contributed by atoms with E-state index in [1.54, 1.807) is 4.68 Å². The van der Waals surface area contributed by atoms with Crippen LogP contribution in [-0.4, -0.2) is 15.7 Å². The SMILES string of the molecule is Cc1c2c(nn1CC(=O)[O-])[C@@H](C)CCC2.[Li+]. The van der Waals surface area contributed by atoms with Gasteiger partial charge < -0.3 is 9.90 Å². The van der Waals surface area contributed by atoms with Crippen LogP contribution in [0.15, 0.2) is 0 Å². The Bertz CT molecular complexity index is 401. The first-order chi connectivity index (χ1) is 7.09. The van der Waals surface area contributed by atoms with Crippen LogP contribution >= 0.6 is 0 Å². The molecule has 0 unspecified atom stereocenters. The Balaban J connectivity index is 0.00000128. The van der Waals surface area contributed by atoms with Crippen LogP contribution < -0.4 is 24.0 Å². The van der Waals surface area contributed by atoms with Crippen LogP contribution in [0.3, 0.4) is 0 Å². The third kappa shape index (κ3) is 2.33. The molecule has 1 heterocycles. The third-order valence-corrected chi connectivity index (χ3v) is 3.17. The van der Waals surface area contributed by atoms with E-state index in [0.717, 1.165) is 24.2 Å². The Morgan fingerprint density at radius 1 is 1.62 bits per heavy atom. The quantitative estimate of drug-likeness (QED) is 0.507. The van der Waals surface area contributed by atoms with Crippen LogP contribution in [0.4, 0.5) is 0 Å². The number of carboxylic acids is 1. The van der Waals surface area contributed by atoms with Crippen molar-refractivity contribution in [2.75, 3.05) is 0 Å². The zero-order valence-electron chi connectivity index (χ0n) is 10.1. The van der Waals surface area contributed by atoms with Gasteiger partial charge in [0.05, 0.1) is 18.2 Å². The number of hydrogen-bond acceptors (Lipinski definition) is 3.